The van der Waals surface area contributed by atoms with Gasteiger partial charge in [0.1, 0.15) is 0 Å². The largest absolute Gasteiger partial charge is 0.361 e. The molecule has 0 aromatic carbocycles. The fraction of sp³-hybridized carbons (Fsp3) is 0.273. The summed E-state index contributed by atoms with van der Waals surface area (Å²) in [7, 11) is 1.69. The summed E-state index contributed by atoms with van der Waals surface area (Å²) in [6, 6.07) is 2.01. The smallest absolute Gasteiger partial charge is 0.224 e. The first-order valence-corrected chi connectivity index (χ1v) is 6.14. The predicted octanol–water partition coefficient (Wildman–Crippen LogP) is 2.89. The van der Waals surface area contributed by atoms with Gasteiger partial charge in [-0.2, -0.15) is 16.3 Å². The summed E-state index contributed by atoms with van der Waals surface area (Å²) in [5.74, 6) is 0.153. The van der Waals surface area contributed by atoms with Crippen LogP contribution in [0.1, 0.15) is 18.5 Å². The van der Waals surface area contributed by atoms with Gasteiger partial charge in [-0.25, -0.2) is 9.37 Å². The Labute approximate surface area is 103 Å². The maximum Gasteiger partial charge on any atom is 0.224 e. The Bertz CT molecular complexity index is 486. The van der Waals surface area contributed by atoms with Crippen molar-refractivity contribution in [3.05, 3.63) is 34.4 Å². The highest BCUT2D eigenvalue weighted by Gasteiger charge is 2.11. The van der Waals surface area contributed by atoms with Gasteiger partial charge in [-0.05, 0) is 29.3 Å². The summed E-state index contributed by atoms with van der Waals surface area (Å²) in [6.07, 6.45) is 1.15. The lowest BCUT2D eigenvalue weighted by molar-refractivity contribution is 0.614. The lowest BCUT2D eigenvalue weighted by Crippen LogP contribution is -2.10. The Morgan fingerprint density at radius 2 is 2.29 bits per heavy atom. The van der Waals surface area contributed by atoms with Gasteiger partial charge in [-0.1, -0.05) is 0 Å². The number of nitrogens with one attached hydrogen (secondary N) is 2. The predicted molar refractivity (Wildman–Crippen MR) is 67.9 cm³/mol. The molecular weight excluding hydrogens is 239 g/mol. The summed E-state index contributed by atoms with van der Waals surface area (Å²) in [6.45, 7) is 1.96. The Hall–Kier alpha value is -1.69. The van der Waals surface area contributed by atoms with Gasteiger partial charge in [0.15, 0.2) is 11.6 Å². The zero-order valence-electron chi connectivity index (χ0n) is 9.57. The number of nitrogens with zero attached hydrogens (tertiary/aromatic N) is 2. The second kappa shape index (κ2) is 5.09. The van der Waals surface area contributed by atoms with E-state index in [1.165, 1.54) is 0 Å². The number of hydrogen-bond donors (Lipinski definition) is 2. The van der Waals surface area contributed by atoms with E-state index in [2.05, 4.69) is 20.6 Å². The molecule has 1 unspecified atom stereocenters. The van der Waals surface area contributed by atoms with E-state index in [4.69, 9.17) is 0 Å². The highest BCUT2D eigenvalue weighted by atomic mass is 32.1. The van der Waals surface area contributed by atoms with Crippen molar-refractivity contribution in [3.8, 4) is 0 Å². The number of rotatable bonds is 4. The van der Waals surface area contributed by atoms with Crippen LogP contribution >= 0.6 is 11.3 Å². The van der Waals surface area contributed by atoms with E-state index in [9.17, 15) is 4.39 Å². The molecular formula is C11H13FN4S. The van der Waals surface area contributed by atoms with Crippen molar-refractivity contribution in [3.63, 3.8) is 0 Å². The second-order valence-corrected chi connectivity index (χ2v) is 4.34. The van der Waals surface area contributed by atoms with Crippen LogP contribution in [0.4, 0.5) is 16.2 Å². The van der Waals surface area contributed by atoms with E-state index in [1.54, 1.807) is 18.4 Å². The lowest BCUT2D eigenvalue weighted by atomic mass is 10.2. The van der Waals surface area contributed by atoms with E-state index >= 15 is 0 Å². The average molecular weight is 252 g/mol. The summed E-state index contributed by atoms with van der Waals surface area (Å²) < 4.78 is 13.5. The molecule has 90 valence electrons. The van der Waals surface area contributed by atoms with Crippen LogP contribution in [0.15, 0.2) is 23.0 Å². The number of halogens is 1. The highest BCUT2D eigenvalue weighted by molar-refractivity contribution is 7.07. The molecule has 0 radical (unpaired) electrons. The fourth-order valence-corrected chi connectivity index (χ4v) is 2.15. The second-order valence-electron chi connectivity index (χ2n) is 3.56. The van der Waals surface area contributed by atoms with E-state index < -0.39 is 5.82 Å². The maximum atomic E-state index is 13.5. The molecule has 0 spiro atoms. The third kappa shape index (κ3) is 2.71. The molecule has 0 amide bonds. The monoisotopic (exact) mass is 252 g/mol. The van der Waals surface area contributed by atoms with Gasteiger partial charge in [0.05, 0.1) is 12.2 Å². The van der Waals surface area contributed by atoms with Crippen molar-refractivity contribution in [2.45, 2.75) is 13.0 Å². The van der Waals surface area contributed by atoms with Gasteiger partial charge in [0.25, 0.3) is 0 Å². The van der Waals surface area contributed by atoms with Crippen LogP contribution in [0.3, 0.4) is 0 Å². The minimum atomic E-state index is -0.453. The number of aromatic nitrogens is 2. The molecule has 6 heteroatoms. The molecule has 2 aromatic rings. The van der Waals surface area contributed by atoms with E-state index in [0.717, 1.165) is 11.8 Å². The molecule has 0 saturated heterocycles. The Balaban J connectivity index is 2.18. The quantitative estimate of drug-likeness (QED) is 0.878. The van der Waals surface area contributed by atoms with Gasteiger partial charge in [0, 0.05) is 7.05 Å². The maximum absolute atomic E-state index is 13.5. The number of thiophene rings is 1. The lowest BCUT2D eigenvalue weighted by Gasteiger charge is -2.14. The van der Waals surface area contributed by atoms with Gasteiger partial charge in [-0.15, -0.1) is 0 Å². The molecule has 17 heavy (non-hydrogen) atoms. The standard InChI is InChI=1S/C11H13FN4S/c1-7(8-3-4-17-6-8)15-10-9(12)5-14-11(13-2)16-10/h3-7H,1-2H3,(H2,13,14,15,16). The highest BCUT2D eigenvalue weighted by Crippen LogP contribution is 2.22. The molecule has 0 bridgehead atoms. The first-order chi connectivity index (χ1) is 8.20. The molecule has 2 N–H and O–H groups in total. The third-order valence-corrected chi connectivity index (χ3v) is 3.07. The molecule has 2 heterocycles. The molecule has 1 atom stereocenters. The minimum absolute atomic E-state index is 0.00959. The van der Waals surface area contributed by atoms with Crippen LogP contribution in [0.2, 0.25) is 0 Å². The van der Waals surface area contributed by atoms with E-state index in [0.29, 0.717) is 5.95 Å². The summed E-state index contributed by atoms with van der Waals surface area (Å²) in [5, 5.41) is 9.82. The minimum Gasteiger partial charge on any atom is -0.361 e. The molecule has 0 aliphatic heterocycles. The van der Waals surface area contributed by atoms with Gasteiger partial charge in [-0.3, -0.25) is 0 Å². The molecule has 4 nitrogen and oxygen atoms in total. The van der Waals surface area contributed by atoms with Gasteiger partial charge >= 0.3 is 0 Å². The summed E-state index contributed by atoms with van der Waals surface area (Å²) in [5.41, 5.74) is 1.11. The van der Waals surface area contributed by atoms with Gasteiger partial charge < -0.3 is 10.6 Å². The zero-order chi connectivity index (χ0) is 12.3. The Morgan fingerprint density at radius 3 is 2.94 bits per heavy atom. The van der Waals surface area contributed by atoms with Gasteiger partial charge in [0.2, 0.25) is 5.95 Å². The van der Waals surface area contributed by atoms with Crippen LogP contribution < -0.4 is 10.6 Å². The van der Waals surface area contributed by atoms with Crippen LogP contribution in [0.5, 0.6) is 0 Å². The molecule has 2 aromatic heterocycles. The van der Waals surface area contributed by atoms with Crippen molar-refractivity contribution in [2.75, 3.05) is 17.7 Å². The van der Waals surface area contributed by atoms with Crippen molar-refractivity contribution in [1.29, 1.82) is 0 Å². The normalized spacial score (nSPS) is 12.2. The molecule has 0 aliphatic rings. The molecule has 0 aliphatic carbocycles. The Morgan fingerprint density at radius 1 is 1.47 bits per heavy atom. The van der Waals surface area contributed by atoms with Crippen molar-refractivity contribution >= 4 is 23.1 Å². The van der Waals surface area contributed by atoms with Crippen molar-refractivity contribution in [2.24, 2.45) is 0 Å². The van der Waals surface area contributed by atoms with Crippen LogP contribution in [0.25, 0.3) is 0 Å². The van der Waals surface area contributed by atoms with Crippen LogP contribution in [-0.2, 0) is 0 Å². The first kappa shape index (κ1) is 11.8. The first-order valence-electron chi connectivity index (χ1n) is 5.19. The third-order valence-electron chi connectivity index (χ3n) is 2.36. The average Bonchev–Trinajstić information content (AvgIpc) is 2.85. The number of anilines is 2. The van der Waals surface area contributed by atoms with Crippen molar-refractivity contribution in [1.82, 2.24) is 9.97 Å². The fourth-order valence-electron chi connectivity index (χ4n) is 1.40. The summed E-state index contributed by atoms with van der Waals surface area (Å²) >= 11 is 1.61. The van der Waals surface area contributed by atoms with Crippen LogP contribution in [0, 0.1) is 5.82 Å². The summed E-state index contributed by atoms with van der Waals surface area (Å²) in [4.78, 5) is 7.83. The molecule has 2 rings (SSSR count). The molecule has 0 saturated carbocycles. The number of hydrogen-bond acceptors (Lipinski definition) is 5. The van der Waals surface area contributed by atoms with Crippen LogP contribution in [-0.4, -0.2) is 17.0 Å². The topological polar surface area (TPSA) is 49.8 Å². The van der Waals surface area contributed by atoms with E-state index in [-0.39, 0.29) is 11.9 Å². The van der Waals surface area contributed by atoms with Crippen molar-refractivity contribution < 1.29 is 4.39 Å². The Kier molecular flexibility index (Phi) is 3.53. The zero-order valence-corrected chi connectivity index (χ0v) is 10.4. The SMILES string of the molecule is CNc1ncc(F)c(NC(C)c2ccsc2)n1. The molecule has 0 fully saturated rings. The van der Waals surface area contributed by atoms with E-state index in [1.807, 2.05) is 23.8 Å².